The topological polar surface area (TPSA) is 85.6 Å². The van der Waals surface area contributed by atoms with Crippen LogP contribution in [0.3, 0.4) is 0 Å². The van der Waals surface area contributed by atoms with Gasteiger partial charge in [-0.1, -0.05) is 35.9 Å². The summed E-state index contributed by atoms with van der Waals surface area (Å²) in [7, 11) is 0. The molecule has 1 fully saturated rings. The van der Waals surface area contributed by atoms with Gasteiger partial charge in [-0.3, -0.25) is 19.7 Å². The number of thioether (sulfide) groups is 1. The minimum absolute atomic E-state index is 0.01000. The van der Waals surface area contributed by atoms with Crippen LogP contribution >= 0.6 is 23.4 Å². The van der Waals surface area contributed by atoms with Crippen LogP contribution in [0.15, 0.2) is 74.8 Å². The lowest BCUT2D eigenvalue weighted by Crippen LogP contribution is -2.18. The predicted octanol–water partition coefficient (Wildman–Crippen LogP) is 7.12. The molecule has 0 bridgehead atoms. The second-order valence-electron chi connectivity index (χ2n) is 8.77. The Morgan fingerprint density at radius 3 is 2.54 bits per heavy atom. The molecule has 1 aliphatic rings. The van der Waals surface area contributed by atoms with Gasteiger partial charge in [0.15, 0.2) is 17.4 Å². The summed E-state index contributed by atoms with van der Waals surface area (Å²) >= 11 is 7.35. The molecule has 1 aliphatic heterocycles. The lowest BCUT2D eigenvalue weighted by Gasteiger charge is -2.13. The number of hydrogen-bond donors (Lipinski definition) is 1. The smallest absolute Gasteiger partial charge is 0.290 e. The first-order valence-corrected chi connectivity index (χ1v) is 13.1. The van der Waals surface area contributed by atoms with Crippen LogP contribution in [0.2, 0.25) is 5.02 Å². The Hall–Kier alpha value is -3.95. The van der Waals surface area contributed by atoms with E-state index in [0.717, 1.165) is 35.0 Å². The number of fused-ring (bicyclic) bond motifs is 1. The number of carbonyl (C=O) groups excluding carboxylic acids is 2. The van der Waals surface area contributed by atoms with Crippen LogP contribution in [-0.4, -0.2) is 17.8 Å². The van der Waals surface area contributed by atoms with Gasteiger partial charge in [-0.25, -0.2) is 8.78 Å². The molecule has 1 saturated heterocycles. The second-order valence-corrected chi connectivity index (χ2v) is 10.2. The number of hydrogen-bond acceptors (Lipinski definition) is 6. The van der Waals surface area contributed by atoms with E-state index in [1.165, 1.54) is 6.07 Å². The molecule has 0 saturated carbocycles. The molecule has 6 nitrogen and oxygen atoms in total. The van der Waals surface area contributed by atoms with Crippen molar-refractivity contribution in [2.45, 2.75) is 19.8 Å². The van der Waals surface area contributed by atoms with Crippen molar-refractivity contribution in [1.82, 2.24) is 5.32 Å². The summed E-state index contributed by atoms with van der Waals surface area (Å²) in [6.45, 7) is 1.87. The Morgan fingerprint density at radius 1 is 1.03 bits per heavy atom. The van der Waals surface area contributed by atoms with Crippen molar-refractivity contribution in [2.24, 2.45) is 0 Å². The highest BCUT2D eigenvalue weighted by atomic mass is 35.5. The number of amides is 2. The number of nitrogens with one attached hydrogen (secondary N) is 1. The van der Waals surface area contributed by atoms with Gasteiger partial charge in [0.1, 0.15) is 5.58 Å². The zero-order chi connectivity index (χ0) is 27.7. The minimum Gasteiger partial charge on any atom is -0.486 e. The molecule has 39 heavy (non-hydrogen) atoms. The number of halogens is 3. The van der Waals surface area contributed by atoms with Crippen molar-refractivity contribution in [1.29, 1.82) is 0 Å². The molecule has 198 valence electrons. The second kappa shape index (κ2) is 11.0. The summed E-state index contributed by atoms with van der Waals surface area (Å²) in [4.78, 5) is 37.0. The van der Waals surface area contributed by atoms with Crippen LogP contribution in [0.25, 0.3) is 27.9 Å². The Morgan fingerprint density at radius 2 is 1.82 bits per heavy atom. The summed E-state index contributed by atoms with van der Waals surface area (Å²) in [5.74, 6) is -2.60. The first-order chi connectivity index (χ1) is 18.7. The SMILES string of the molecule is C/C(=C1\SC(=O)NC1=O)c1ccc(CCCOc2c(-c3ccc(F)c(F)c3)oc3ccccc3c2=O)c(Cl)c1. The van der Waals surface area contributed by atoms with Gasteiger partial charge in [-0.15, -0.1) is 0 Å². The van der Waals surface area contributed by atoms with Crippen molar-refractivity contribution in [3.05, 3.63) is 104 Å². The fourth-order valence-electron chi connectivity index (χ4n) is 4.20. The van der Waals surface area contributed by atoms with E-state index in [0.29, 0.717) is 39.3 Å². The molecule has 5 rings (SSSR count). The average Bonchev–Trinajstić information content (AvgIpc) is 3.26. The van der Waals surface area contributed by atoms with Crippen LogP contribution in [0.4, 0.5) is 13.6 Å². The molecule has 2 amide bonds. The van der Waals surface area contributed by atoms with E-state index in [9.17, 15) is 23.2 Å². The molecule has 0 atom stereocenters. The highest BCUT2D eigenvalue weighted by Gasteiger charge is 2.27. The molecule has 4 aromatic rings. The molecule has 0 spiro atoms. The first kappa shape index (κ1) is 26.6. The van der Waals surface area contributed by atoms with Gasteiger partial charge in [-0.05, 0) is 84.6 Å². The summed E-state index contributed by atoms with van der Waals surface area (Å²) in [6, 6.07) is 15.2. The lowest BCUT2D eigenvalue weighted by molar-refractivity contribution is -0.115. The highest BCUT2D eigenvalue weighted by molar-refractivity contribution is 8.18. The van der Waals surface area contributed by atoms with E-state index in [1.54, 1.807) is 37.3 Å². The van der Waals surface area contributed by atoms with E-state index in [4.69, 9.17) is 20.8 Å². The summed E-state index contributed by atoms with van der Waals surface area (Å²) < 4.78 is 39.2. The van der Waals surface area contributed by atoms with Crippen molar-refractivity contribution in [2.75, 3.05) is 6.61 Å². The van der Waals surface area contributed by atoms with Crippen molar-refractivity contribution >= 4 is 51.1 Å². The Labute approximate surface area is 230 Å². The van der Waals surface area contributed by atoms with Gasteiger partial charge in [0.05, 0.1) is 16.9 Å². The lowest BCUT2D eigenvalue weighted by atomic mass is 10.0. The molecule has 3 aromatic carbocycles. The number of rotatable bonds is 7. The number of allylic oxidation sites excluding steroid dienone is 1. The first-order valence-electron chi connectivity index (χ1n) is 11.9. The Bertz CT molecular complexity index is 1730. The number of carbonyl (C=O) groups is 2. The maximum absolute atomic E-state index is 14.0. The standard InChI is InChI=1S/C29H20ClF2NO5S/c1-15(27-28(35)33-29(36)39-27)17-9-8-16(20(30)13-17)5-4-12-37-26-24(34)19-6-2-3-7-23(19)38-25(26)18-10-11-21(31)22(32)14-18/h2-3,6-11,13-14H,4-5,12H2,1H3,(H,33,35,36)/b27-15+. The maximum Gasteiger partial charge on any atom is 0.290 e. The van der Waals surface area contributed by atoms with Crippen molar-refractivity contribution < 1.29 is 27.5 Å². The largest absolute Gasteiger partial charge is 0.486 e. The van der Waals surface area contributed by atoms with Gasteiger partial charge in [0, 0.05) is 10.6 Å². The van der Waals surface area contributed by atoms with E-state index in [-0.39, 0.29) is 23.7 Å². The van der Waals surface area contributed by atoms with E-state index in [1.807, 2.05) is 12.1 Å². The van der Waals surface area contributed by atoms with E-state index >= 15 is 0 Å². The summed E-state index contributed by atoms with van der Waals surface area (Å²) in [5, 5.41) is 2.61. The van der Waals surface area contributed by atoms with Crippen molar-refractivity contribution in [3.63, 3.8) is 0 Å². The molecule has 0 radical (unpaired) electrons. The third kappa shape index (κ3) is 5.46. The molecule has 1 aromatic heterocycles. The molecule has 10 heteroatoms. The number of imide groups is 1. The number of aryl methyl sites for hydroxylation is 1. The molecular weight excluding hydrogens is 548 g/mol. The van der Waals surface area contributed by atoms with Gasteiger partial charge in [-0.2, -0.15) is 0 Å². The zero-order valence-electron chi connectivity index (χ0n) is 20.5. The fourth-order valence-corrected chi connectivity index (χ4v) is 5.21. The molecule has 2 heterocycles. The molecular formula is C29H20ClF2NO5S. The quantitative estimate of drug-likeness (QED) is 0.189. The molecule has 1 N–H and O–H groups in total. The minimum atomic E-state index is -1.07. The highest BCUT2D eigenvalue weighted by Crippen LogP contribution is 2.34. The third-order valence-electron chi connectivity index (χ3n) is 6.22. The van der Waals surface area contributed by atoms with Crippen LogP contribution in [0.1, 0.15) is 24.5 Å². The van der Waals surface area contributed by atoms with E-state index in [2.05, 4.69) is 5.32 Å². The predicted molar refractivity (Wildman–Crippen MR) is 147 cm³/mol. The van der Waals surface area contributed by atoms with Crippen LogP contribution < -0.4 is 15.5 Å². The van der Waals surface area contributed by atoms with Gasteiger partial charge in [0.2, 0.25) is 11.2 Å². The monoisotopic (exact) mass is 567 g/mol. The van der Waals surface area contributed by atoms with Gasteiger partial charge >= 0.3 is 0 Å². The van der Waals surface area contributed by atoms with Gasteiger partial charge in [0.25, 0.3) is 11.1 Å². The van der Waals surface area contributed by atoms with Crippen molar-refractivity contribution in [3.8, 4) is 17.1 Å². The Kier molecular flexibility index (Phi) is 7.54. The third-order valence-corrected chi connectivity index (χ3v) is 7.55. The number of para-hydroxylation sites is 1. The summed E-state index contributed by atoms with van der Waals surface area (Å²) in [5.41, 5.74) is 2.24. The van der Waals surface area contributed by atoms with Gasteiger partial charge < -0.3 is 9.15 Å². The summed E-state index contributed by atoms with van der Waals surface area (Å²) in [6.07, 6.45) is 0.997. The van der Waals surface area contributed by atoms with Crippen LogP contribution in [-0.2, 0) is 11.2 Å². The maximum atomic E-state index is 14.0. The number of benzene rings is 3. The normalized spacial score (nSPS) is 14.6. The fraction of sp³-hybridized carbons (Fsp3) is 0.138. The van der Waals surface area contributed by atoms with Crippen LogP contribution in [0.5, 0.6) is 5.75 Å². The molecule has 0 aliphatic carbocycles. The molecule has 0 unspecified atom stereocenters. The number of ether oxygens (including phenoxy) is 1. The average molecular weight is 568 g/mol. The van der Waals surface area contributed by atoms with E-state index < -0.39 is 28.2 Å². The zero-order valence-corrected chi connectivity index (χ0v) is 22.1. The Balaban J connectivity index is 1.34. The van der Waals surface area contributed by atoms with Crippen LogP contribution in [0, 0.1) is 11.6 Å².